The average Bonchev–Trinajstić information content (AvgIpc) is 2.54. The summed E-state index contributed by atoms with van der Waals surface area (Å²) in [6.45, 7) is 1.83. The van der Waals surface area contributed by atoms with E-state index >= 15 is 0 Å². The number of rotatable bonds is 6. The van der Waals surface area contributed by atoms with Crippen LogP contribution in [0.5, 0.6) is 0 Å². The number of carboxylic acids is 1. The first-order chi connectivity index (χ1) is 10.6. The first-order valence-corrected chi connectivity index (χ1v) is 7.55. The van der Waals surface area contributed by atoms with Gasteiger partial charge in [0.2, 0.25) is 0 Å². The third kappa shape index (κ3) is 5.37. The highest BCUT2D eigenvalue weighted by Crippen LogP contribution is 2.17. The average molecular weight is 306 g/mol. The van der Waals surface area contributed by atoms with E-state index in [0.717, 1.165) is 31.5 Å². The molecule has 2 rings (SSSR count). The van der Waals surface area contributed by atoms with Crippen LogP contribution >= 0.6 is 0 Å². The lowest BCUT2D eigenvalue weighted by Gasteiger charge is -2.30. The van der Waals surface area contributed by atoms with Gasteiger partial charge in [0.05, 0.1) is 6.42 Å². The van der Waals surface area contributed by atoms with E-state index in [-0.39, 0.29) is 18.9 Å². The van der Waals surface area contributed by atoms with Crippen LogP contribution in [-0.4, -0.2) is 36.3 Å². The molecule has 0 radical (unpaired) electrons. The number of nitrogens with one attached hydrogen (secondary N) is 2. The van der Waals surface area contributed by atoms with Gasteiger partial charge in [-0.2, -0.15) is 0 Å². The lowest BCUT2D eigenvalue weighted by Crippen LogP contribution is -2.47. The number of carboxylic acid groups (broad SMARTS) is 1. The van der Waals surface area contributed by atoms with Crippen molar-refractivity contribution in [2.45, 2.75) is 31.9 Å². The summed E-state index contributed by atoms with van der Waals surface area (Å²) in [5, 5.41) is 15.0. The van der Waals surface area contributed by atoms with Gasteiger partial charge in [-0.1, -0.05) is 30.3 Å². The number of ether oxygens (including phenoxy) is 1. The van der Waals surface area contributed by atoms with Gasteiger partial charge in [-0.25, -0.2) is 4.79 Å². The summed E-state index contributed by atoms with van der Waals surface area (Å²) in [5.74, 6) is -0.798. The van der Waals surface area contributed by atoms with Crippen molar-refractivity contribution in [3.63, 3.8) is 0 Å². The van der Waals surface area contributed by atoms with Crippen molar-refractivity contribution in [2.75, 3.05) is 13.1 Å². The Bertz CT molecular complexity index is 486. The minimum atomic E-state index is -0.918. The molecule has 0 unspecified atom stereocenters. The summed E-state index contributed by atoms with van der Waals surface area (Å²) < 4.78 is 5.17. The zero-order valence-electron chi connectivity index (χ0n) is 12.5. The molecule has 1 heterocycles. The van der Waals surface area contributed by atoms with Gasteiger partial charge in [-0.05, 0) is 37.4 Å². The van der Waals surface area contributed by atoms with Gasteiger partial charge in [-0.15, -0.1) is 0 Å². The molecule has 1 aliphatic heterocycles. The van der Waals surface area contributed by atoms with Crippen molar-refractivity contribution < 1.29 is 19.4 Å². The molecule has 2 atom stereocenters. The molecule has 0 aliphatic carbocycles. The van der Waals surface area contributed by atoms with Crippen LogP contribution in [0.15, 0.2) is 30.3 Å². The number of aliphatic carboxylic acids is 1. The number of piperidine rings is 1. The maximum absolute atomic E-state index is 11.9. The van der Waals surface area contributed by atoms with Gasteiger partial charge in [0.25, 0.3) is 0 Å². The Balaban J connectivity index is 1.85. The predicted molar refractivity (Wildman–Crippen MR) is 81.4 cm³/mol. The van der Waals surface area contributed by atoms with Gasteiger partial charge < -0.3 is 20.5 Å². The summed E-state index contributed by atoms with van der Waals surface area (Å²) in [4.78, 5) is 22.9. The molecule has 1 aliphatic rings. The molecule has 6 heteroatoms. The quantitative estimate of drug-likeness (QED) is 0.745. The second kappa shape index (κ2) is 8.38. The van der Waals surface area contributed by atoms with Crippen molar-refractivity contribution in [1.29, 1.82) is 0 Å². The van der Waals surface area contributed by atoms with Crippen molar-refractivity contribution in [3.05, 3.63) is 35.9 Å². The summed E-state index contributed by atoms with van der Waals surface area (Å²) in [7, 11) is 0. The van der Waals surface area contributed by atoms with Crippen molar-refractivity contribution in [3.8, 4) is 0 Å². The molecule has 0 saturated carbocycles. The van der Waals surface area contributed by atoms with E-state index in [4.69, 9.17) is 9.84 Å². The number of alkyl carbamates (subject to hydrolysis) is 1. The highest BCUT2D eigenvalue weighted by Gasteiger charge is 2.27. The third-order valence-electron chi connectivity index (χ3n) is 3.81. The van der Waals surface area contributed by atoms with Crippen molar-refractivity contribution in [2.24, 2.45) is 5.92 Å². The number of carbonyl (C=O) groups is 2. The smallest absolute Gasteiger partial charge is 0.407 e. The molecule has 1 aromatic rings. The Kier molecular flexibility index (Phi) is 6.21. The Morgan fingerprint density at radius 3 is 2.77 bits per heavy atom. The fourth-order valence-electron chi connectivity index (χ4n) is 2.66. The number of hydrogen-bond acceptors (Lipinski definition) is 4. The molecule has 3 N–H and O–H groups in total. The van der Waals surface area contributed by atoms with Gasteiger partial charge in [0, 0.05) is 6.04 Å². The molecule has 22 heavy (non-hydrogen) atoms. The zero-order valence-corrected chi connectivity index (χ0v) is 12.5. The molecule has 0 aromatic heterocycles. The summed E-state index contributed by atoms with van der Waals surface area (Å²) in [6.07, 6.45) is 1.23. The lowest BCUT2D eigenvalue weighted by molar-refractivity contribution is -0.137. The van der Waals surface area contributed by atoms with Crippen LogP contribution in [0.1, 0.15) is 24.8 Å². The Morgan fingerprint density at radius 1 is 1.36 bits per heavy atom. The zero-order chi connectivity index (χ0) is 15.8. The van der Waals surface area contributed by atoms with E-state index in [2.05, 4.69) is 10.6 Å². The van der Waals surface area contributed by atoms with E-state index in [0.29, 0.717) is 0 Å². The van der Waals surface area contributed by atoms with Crippen LogP contribution in [0, 0.1) is 5.92 Å². The lowest BCUT2D eigenvalue weighted by atomic mass is 9.90. The SMILES string of the molecule is O=C(O)C[C@@H](NC(=O)OCc1ccccc1)[C@@H]1CCCNC1. The number of amides is 1. The van der Waals surface area contributed by atoms with Crippen LogP contribution in [0.3, 0.4) is 0 Å². The van der Waals surface area contributed by atoms with Crippen LogP contribution in [-0.2, 0) is 16.1 Å². The van der Waals surface area contributed by atoms with Gasteiger partial charge in [0.15, 0.2) is 0 Å². The number of benzene rings is 1. The topological polar surface area (TPSA) is 87.7 Å². The normalized spacial score (nSPS) is 19.2. The second-order valence-electron chi connectivity index (χ2n) is 5.52. The van der Waals surface area contributed by atoms with E-state index in [1.54, 1.807) is 0 Å². The highest BCUT2D eigenvalue weighted by atomic mass is 16.5. The van der Waals surface area contributed by atoms with Gasteiger partial charge in [0.1, 0.15) is 6.61 Å². The summed E-state index contributed by atoms with van der Waals surface area (Å²) >= 11 is 0. The standard InChI is InChI=1S/C16H22N2O4/c19-15(20)9-14(13-7-4-8-17-10-13)18-16(21)22-11-12-5-2-1-3-6-12/h1-3,5-6,13-14,17H,4,7-11H2,(H,18,21)(H,19,20)/t13-,14-/m1/s1. The molecule has 1 saturated heterocycles. The Morgan fingerprint density at radius 2 is 2.14 bits per heavy atom. The van der Waals surface area contributed by atoms with E-state index < -0.39 is 18.1 Å². The van der Waals surface area contributed by atoms with Crippen LogP contribution in [0.25, 0.3) is 0 Å². The maximum Gasteiger partial charge on any atom is 0.407 e. The summed E-state index contributed by atoms with van der Waals surface area (Å²) in [5.41, 5.74) is 0.895. The minimum Gasteiger partial charge on any atom is -0.481 e. The third-order valence-corrected chi connectivity index (χ3v) is 3.81. The van der Waals surface area contributed by atoms with Crippen LogP contribution in [0.4, 0.5) is 4.79 Å². The minimum absolute atomic E-state index is 0.0905. The number of carbonyl (C=O) groups excluding carboxylic acids is 1. The monoisotopic (exact) mass is 306 g/mol. The first-order valence-electron chi connectivity index (χ1n) is 7.55. The van der Waals surface area contributed by atoms with Gasteiger partial charge in [-0.3, -0.25) is 4.79 Å². The van der Waals surface area contributed by atoms with Crippen molar-refractivity contribution in [1.82, 2.24) is 10.6 Å². The molecule has 0 spiro atoms. The molecular formula is C16H22N2O4. The molecule has 1 fully saturated rings. The fourth-order valence-corrected chi connectivity index (χ4v) is 2.66. The molecule has 120 valence electrons. The molecule has 1 amide bonds. The van der Waals surface area contributed by atoms with E-state index in [1.807, 2.05) is 30.3 Å². The van der Waals surface area contributed by atoms with E-state index in [1.165, 1.54) is 0 Å². The summed E-state index contributed by atoms with van der Waals surface area (Å²) in [6, 6.07) is 8.96. The highest BCUT2D eigenvalue weighted by molar-refractivity contribution is 5.71. The maximum atomic E-state index is 11.9. The molecular weight excluding hydrogens is 284 g/mol. The first kappa shape index (κ1) is 16.3. The van der Waals surface area contributed by atoms with Crippen LogP contribution < -0.4 is 10.6 Å². The van der Waals surface area contributed by atoms with Crippen molar-refractivity contribution >= 4 is 12.1 Å². The predicted octanol–water partition coefficient (Wildman–Crippen LogP) is 1.76. The van der Waals surface area contributed by atoms with Gasteiger partial charge >= 0.3 is 12.1 Å². The Labute approximate surface area is 129 Å². The fraction of sp³-hybridized carbons (Fsp3) is 0.500. The Hall–Kier alpha value is -2.08. The van der Waals surface area contributed by atoms with E-state index in [9.17, 15) is 9.59 Å². The molecule has 6 nitrogen and oxygen atoms in total. The van der Waals surface area contributed by atoms with Crippen LogP contribution in [0.2, 0.25) is 0 Å². The largest absolute Gasteiger partial charge is 0.481 e. The molecule has 0 bridgehead atoms. The number of hydrogen-bond donors (Lipinski definition) is 3. The second-order valence-corrected chi connectivity index (χ2v) is 5.52. The molecule has 1 aromatic carbocycles.